The van der Waals surface area contributed by atoms with Crippen molar-refractivity contribution in [2.24, 2.45) is 5.10 Å². The minimum atomic E-state index is -0.957. The van der Waals surface area contributed by atoms with Gasteiger partial charge in [0.05, 0.1) is 11.8 Å². The van der Waals surface area contributed by atoms with E-state index in [9.17, 15) is 4.79 Å². The fourth-order valence-electron chi connectivity index (χ4n) is 1.71. The Morgan fingerprint density at radius 3 is 2.68 bits per heavy atom. The van der Waals surface area contributed by atoms with Crippen molar-refractivity contribution in [1.82, 2.24) is 10.7 Å². The Morgan fingerprint density at radius 2 is 2.05 bits per heavy atom. The molecule has 0 aliphatic carbocycles. The van der Waals surface area contributed by atoms with Crippen LogP contribution in [0.2, 0.25) is 0 Å². The van der Waals surface area contributed by atoms with E-state index >= 15 is 0 Å². The Labute approximate surface area is 132 Å². The van der Waals surface area contributed by atoms with Crippen LogP contribution in [0.3, 0.4) is 0 Å². The second-order valence-electron chi connectivity index (χ2n) is 4.31. The molecule has 0 bridgehead atoms. The van der Waals surface area contributed by atoms with Crippen molar-refractivity contribution in [2.75, 3.05) is 6.54 Å². The highest BCUT2D eigenvalue weighted by Gasteiger charge is 2.06. The summed E-state index contributed by atoms with van der Waals surface area (Å²) in [5.41, 5.74) is 3.69. The molecule has 0 saturated heterocycles. The molecule has 0 amide bonds. The summed E-state index contributed by atoms with van der Waals surface area (Å²) >= 11 is 4.97. The average molecular weight is 317 g/mol. The lowest BCUT2D eigenvalue weighted by atomic mass is 10.1. The van der Waals surface area contributed by atoms with Gasteiger partial charge in [-0.15, -0.1) is 0 Å². The molecule has 1 aromatic carbocycles. The van der Waals surface area contributed by atoms with Gasteiger partial charge in [0.15, 0.2) is 5.11 Å². The number of hydrazone groups is 1. The summed E-state index contributed by atoms with van der Waals surface area (Å²) < 4.78 is 5.61. The monoisotopic (exact) mass is 317 g/mol. The lowest BCUT2D eigenvalue weighted by Gasteiger charge is -2.01. The van der Waals surface area contributed by atoms with E-state index in [1.807, 2.05) is 6.92 Å². The molecule has 0 saturated carbocycles. The number of carboxylic acid groups (broad SMARTS) is 1. The molecule has 0 spiro atoms. The Morgan fingerprint density at radius 1 is 1.32 bits per heavy atom. The van der Waals surface area contributed by atoms with Crippen molar-refractivity contribution in [2.45, 2.75) is 6.92 Å². The van der Waals surface area contributed by atoms with Crippen LogP contribution in [-0.4, -0.2) is 28.9 Å². The van der Waals surface area contributed by atoms with E-state index in [2.05, 4.69) is 15.8 Å². The van der Waals surface area contributed by atoms with Gasteiger partial charge in [-0.2, -0.15) is 5.10 Å². The summed E-state index contributed by atoms with van der Waals surface area (Å²) in [5.74, 6) is 0.235. The van der Waals surface area contributed by atoms with Crippen molar-refractivity contribution in [3.8, 4) is 11.3 Å². The number of hydrogen-bond acceptors (Lipinski definition) is 4. The normalized spacial score (nSPS) is 10.6. The minimum absolute atomic E-state index is 0.234. The number of nitrogens with zero attached hydrogens (tertiary/aromatic N) is 1. The molecule has 114 valence electrons. The van der Waals surface area contributed by atoms with Crippen LogP contribution >= 0.6 is 12.2 Å². The zero-order valence-corrected chi connectivity index (χ0v) is 12.7. The predicted molar refractivity (Wildman–Crippen MR) is 88.1 cm³/mol. The third-order valence-electron chi connectivity index (χ3n) is 2.74. The quantitative estimate of drug-likeness (QED) is 0.446. The predicted octanol–water partition coefficient (Wildman–Crippen LogP) is 2.46. The van der Waals surface area contributed by atoms with Gasteiger partial charge in [0, 0.05) is 12.1 Å². The van der Waals surface area contributed by atoms with E-state index in [0.29, 0.717) is 16.6 Å². The minimum Gasteiger partial charge on any atom is -0.478 e. The van der Waals surface area contributed by atoms with E-state index in [0.717, 1.165) is 12.1 Å². The second-order valence-corrected chi connectivity index (χ2v) is 4.72. The Bertz CT molecular complexity index is 692. The van der Waals surface area contributed by atoms with Crippen LogP contribution in [0.25, 0.3) is 11.3 Å². The number of carbonyl (C=O) groups is 1. The molecule has 0 atom stereocenters. The number of rotatable bonds is 5. The highest BCUT2D eigenvalue weighted by Crippen LogP contribution is 2.22. The molecule has 22 heavy (non-hydrogen) atoms. The molecule has 6 nitrogen and oxygen atoms in total. The zero-order chi connectivity index (χ0) is 15.9. The highest BCUT2D eigenvalue weighted by molar-refractivity contribution is 7.80. The molecule has 2 aromatic rings. The number of nitrogens with one attached hydrogen (secondary N) is 2. The Kier molecular flexibility index (Phi) is 5.26. The fourth-order valence-corrected chi connectivity index (χ4v) is 1.91. The molecule has 0 aliphatic heterocycles. The molecular formula is C15H15N3O3S. The first kappa shape index (κ1) is 15.7. The third kappa shape index (κ3) is 4.16. The van der Waals surface area contributed by atoms with Gasteiger partial charge in [-0.3, -0.25) is 5.43 Å². The van der Waals surface area contributed by atoms with Gasteiger partial charge in [0.25, 0.3) is 0 Å². The Hall–Kier alpha value is -2.67. The molecule has 7 heteroatoms. The topological polar surface area (TPSA) is 86.9 Å². The highest BCUT2D eigenvalue weighted by atomic mass is 32.1. The number of thiocarbonyl (C=S) groups is 1. The summed E-state index contributed by atoms with van der Waals surface area (Å²) in [4.78, 5) is 10.8. The summed E-state index contributed by atoms with van der Waals surface area (Å²) in [6, 6.07) is 10.0. The van der Waals surface area contributed by atoms with E-state index < -0.39 is 5.97 Å². The van der Waals surface area contributed by atoms with Gasteiger partial charge in [-0.25, -0.2) is 4.79 Å². The van der Waals surface area contributed by atoms with Crippen molar-refractivity contribution in [3.05, 3.63) is 47.7 Å². The first-order valence-corrected chi connectivity index (χ1v) is 7.01. The van der Waals surface area contributed by atoms with Gasteiger partial charge in [0.2, 0.25) is 0 Å². The van der Waals surface area contributed by atoms with Crippen molar-refractivity contribution < 1.29 is 14.3 Å². The first-order valence-electron chi connectivity index (χ1n) is 6.60. The smallest absolute Gasteiger partial charge is 0.335 e. The van der Waals surface area contributed by atoms with Crippen LogP contribution in [-0.2, 0) is 0 Å². The van der Waals surface area contributed by atoms with E-state index in [1.54, 1.807) is 24.3 Å². The number of hydrogen-bond donors (Lipinski definition) is 3. The average Bonchev–Trinajstić information content (AvgIpc) is 2.96. The van der Waals surface area contributed by atoms with Crippen LogP contribution in [0.5, 0.6) is 0 Å². The van der Waals surface area contributed by atoms with Crippen LogP contribution in [0.1, 0.15) is 23.0 Å². The van der Waals surface area contributed by atoms with Crippen molar-refractivity contribution in [1.29, 1.82) is 0 Å². The second kappa shape index (κ2) is 7.37. The summed E-state index contributed by atoms with van der Waals surface area (Å²) in [5, 5.41) is 16.2. The summed E-state index contributed by atoms with van der Waals surface area (Å²) in [6.45, 7) is 2.66. The van der Waals surface area contributed by atoms with Gasteiger partial charge < -0.3 is 14.8 Å². The Balaban J connectivity index is 2.03. The van der Waals surface area contributed by atoms with Gasteiger partial charge in [0.1, 0.15) is 11.5 Å². The van der Waals surface area contributed by atoms with E-state index in [1.165, 1.54) is 18.3 Å². The lowest BCUT2D eigenvalue weighted by Crippen LogP contribution is -2.31. The van der Waals surface area contributed by atoms with Crippen LogP contribution in [0.15, 0.2) is 45.9 Å². The SMILES string of the molecule is CCNC(=S)NN=Cc1ccc(-c2ccc(C(=O)O)cc2)o1. The zero-order valence-electron chi connectivity index (χ0n) is 11.9. The maximum atomic E-state index is 10.8. The van der Waals surface area contributed by atoms with Gasteiger partial charge in [-0.05, 0) is 43.4 Å². The summed E-state index contributed by atoms with van der Waals surface area (Å²) in [6.07, 6.45) is 1.51. The molecule has 0 unspecified atom stereocenters. The van der Waals surface area contributed by atoms with E-state index in [4.69, 9.17) is 21.7 Å². The molecular weight excluding hydrogens is 302 g/mol. The molecule has 3 N–H and O–H groups in total. The number of aromatic carboxylic acids is 1. The molecule has 2 rings (SSSR count). The maximum absolute atomic E-state index is 10.8. The molecule has 0 aliphatic rings. The lowest BCUT2D eigenvalue weighted by molar-refractivity contribution is 0.0697. The number of furan rings is 1. The molecule has 1 aromatic heterocycles. The molecule has 1 heterocycles. The third-order valence-corrected chi connectivity index (χ3v) is 2.97. The van der Waals surface area contributed by atoms with Crippen molar-refractivity contribution in [3.63, 3.8) is 0 Å². The van der Waals surface area contributed by atoms with Crippen LogP contribution in [0.4, 0.5) is 0 Å². The maximum Gasteiger partial charge on any atom is 0.335 e. The standard InChI is InChI=1S/C15H15N3O3S/c1-2-16-15(22)18-17-9-12-7-8-13(21-12)10-3-5-11(6-4-10)14(19)20/h3-9H,2H2,1H3,(H,19,20)(H2,16,18,22). The van der Waals surface area contributed by atoms with Crippen molar-refractivity contribution >= 4 is 29.5 Å². The van der Waals surface area contributed by atoms with Crippen LogP contribution in [0, 0.1) is 0 Å². The number of benzene rings is 1. The van der Waals surface area contributed by atoms with Crippen LogP contribution < -0.4 is 10.7 Å². The fraction of sp³-hybridized carbons (Fsp3) is 0.133. The number of carboxylic acids is 1. The van der Waals surface area contributed by atoms with Gasteiger partial charge >= 0.3 is 5.97 Å². The summed E-state index contributed by atoms with van der Waals surface area (Å²) in [7, 11) is 0. The first-order chi connectivity index (χ1) is 10.6. The van der Waals surface area contributed by atoms with E-state index in [-0.39, 0.29) is 5.56 Å². The molecule has 0 fully saturated rings. The largest absolute Gasteiger partial charge is 0.478 e. The van der Waals surface area contributed by atoms with Gasteiger partial charge in [-0.1, -0.05) is 12.1 Å². The molecule has 0 radical (unpaired) electrons.